The van der Waals surface area contributed by atoms with Crippen LogP contribution in [0.3, 0.4) is 0 Å². The molecule has 0 aliphatic heterocycles. The second-order valence-electron chi connectivity index (χ2n) is 13.7. The van der Waals surface area contributed by atoms with Gasteiger partial charge in [0.2, 0.25) is 17.5 Å². The summed E-state index contributed by atoms with van der Waals surface area (Å²) < 4.78 is 11.7. The first-order valence-corrected chi connectivity index (χ1v) is 18.9. The van der Waals surface area contributed by atoms with Gasteiger partial charge in [0.1, 0.15) is 24.7 Å². The number of aromatic amines is 3. The molecule has 0 saturated heterocycles. The van der Waals surface area contributed by atoms with Crippen molar-refractivity contribution in [2.45, 2.75) is 27.1 Å². The van der Waals surface area contributed by atoms with Crippen LogP contribution in [-0.4, -0.2) is 40.3 Å². The number of hydrogen-bond donors (Lipinski definition) is 5. The Morgan fingerprint density at radius 2 is 1.12 bits per heavy atom. The number of aromatic nitrogens is 8. The van der Waals surface area contributed by atoms with E-state index in [9.17, 15) is 4.79 Å². The molecule has 0 radical (unpaired) electrons. The minimum Gasteiger partial charge on any atom is -0.489 e. The van der Waals surface area contributed by atoms with Gasteiger partial charge in [-0.25, -0.2) is 0 Å². The quantitative estimate of drug-likeness (QED) is 0.0804. The van der Waals surface area contributed by atoms with E-state index in [-0.39, 0.29) is 5.56 Å². The fraction of sp³-hybridized carbons (Fsp3) is 0.0870. The van der Waals surface area contributed by atoms with Gasteiger partial charge in [-0.2, -0.15) is 9.97 Å². The molecule has 9 aromatic rings. The Hall–Kier alpha value is -8.06. The van der Waals surface area contributed by atoms with Gasteiger partial charge < -0.3 is 25.1 Å². The monoisotopic (exact) mass is 780 g/mol. The summed E-state index contributed by atoms with van der Waals surface area (Å²) >= 11 is 0. The van der Waals surface area contributed by atoms with Crippen LogP contribution in [0.25, 0.3) is 33.7 Å². The second-order valence-corrected chi connectivity index (χ2v) is 13.7. The van der Waals surface area contributed by atoms with Crippen LogP contribution in [0, 0.1) is 13.8 Å². The number of ether oxygens (including phenoxy) is 2. The maximum Gasteiger partial charge on any atom is 0.248 e. The molecule has 4 aromatic heterocycles. The summed E-state index contributed by atoms with van der Waals surface area (Å²) in [5.41, 5.74) is 8.65. The first-order chi connectivity index (χ1) is 28.9. The van der Waals surface area contributed by atoms with Crippen molar-refractivity contribution < 1.29 is 9.47 Å². The third-order valence-electron chi connectivity index (χ3n) is 9.16. The molecule has 0 fully saturated rings. The normalized spacial score (nSPS) is 10.7. The lowest BCUT2D eigenvalue weighted by Crippen LogP contribution is -2.08. The Morgan fingerprint density at radius 3 is 1.68 bits per heavy atom. The zero-order valence-corrected chi connectivity index (χ0v) is 32.3. The third kappa shape index (κ3) is 10.0. The lowest BCUT2D eigenvalue weighted by atomic mass is 10.1. The molecule has 13 heteroatoms. The maximum absolute atomic E-state index is 11.9. The largest absolute Gasteiger partial charge is 0.489 e. The van der Waals surface area contributed by atoms with E-state index < -0.39 is 0 Å². The van der Waals surface area contributed by atoms with Crippen molar-refractivity contribution in [1.29, 1.82) is 0 Å². The van der Waals surface area contributed by atoms with Crippen LogP contribution in [0.15, 0.2) is 157 Å². The van der Waals surface area contributed by atoms with Crippen LogP contribution >= 0.6 is 0 Å². The van der Waals surface area contributed by atoms with Crippen molar-refractivity contribution >= 4 is 34.2 Å². The van der Waals surface area contributed by atoms with E-state index in [1.807, 2.05) is 147 Å². The number of H-pyrrole nitrogens is 3. The molecule has 59 heavy (non-hydrogen) atoms. The highest BCUT2D eigenvalue weighted by Crippen LogP contribution is 2.25. The van der Waals surface area contributed by atoms with Gasteiger partial charge in [0, 0.05) is 57.4 Å². The zero-order chi connectivity index (χ0) is 40.4. The molecule has 0 spiro atoms. The second kappa shape index (κ2) is 17.8. The summed E-state index contributed by atoms with van der Waals surface area (Å²) in [5, 5.41) is 21.8. The topological polar surface area (TPSA) is 171 Å². The first-order valence-electron chi connectivity index (χ1n) is 18.9. The summed E-state index contributed by atoms with van der Waals surface area (Å²) in [6.07, 6.45) is 3.52. The van der Waals surface area contributed by atoms with Crippen LogP contribution in [0.2, 0.25) is 0 Å². The van der Waals surface area contributed by atoms with E-state index in [0.29, 0.717) is 42.5 Å². The van der Waals surface area contributed by atoms with Crippen LogP contribution in [-0.2, 0) is 13.2 Å². The average molecular weight is 781 g/mol. The standard InChI is InChI=1S/C25H21N5O2.C21H19N5O/c1-16-5-4-6-19(13-16)26-25-28-24(29-30-25)17-9-11-20(12-10-17)32-15-18-14-23(31)27-22-8-3-2-7-21(18)22;1-15-3-2-4-18(13-15)23-21-24-20(25-26-21)17-5-7-19(8-6-17)27-14-16-9-11-22-12-10-16/h2-14H,15H2,1H3,(H,27,31)(H2,26,28,29,30);2-13H,14H2,1H3,(H2,23,24,25,26). The number of para-hydroxylation sites is 1. The summed E-state index contributed by atoms with van der Waals surface area (Å²) in [7, 11) is 0. The number of benzene rings is 5. The highest BCUT2D eigenvalue weighted by atomic mass is 16.5. The van der Waals surface area contributed by atoms with Crippen molar-refractivity contribution in [2.75, 3.05) is 10.6 Å². The number of pyridine rings is 2. The SMILES string of the molecule is Cc1cccc(Nc2n[nH]c(-c3ccc(OCc4cc(=O)[nH]c5ccccc45)cc3)n2)c1.Cc1cccc(Nc2n[nH]c(-c3ccc(OCc4ccncc4)cc3)n2)c1. The van der Waals surface area contributed by atoms with Crippen molar-refractivity contribution in [3.63, 3.8) is 0 Å². The fourth-order valence-corrected chi connectivity index (χ4v) is 6.22. The van der Waals surface area contributed by atoms with E-state index in [1.165, 1.54) is 5.56 Å². The van der Waals surface area contributed by atoms with Crippen LogP contribution in [0.5, 0.6) is 11.5 Å². The predicted molar refractivity (Wildman–Crippen MR) is 230 cm³/mol. The molecule has 0 bridgehead atoms. The minimum atomic E-state index is -0.141. The van der Waals surface area contributed by atoms with Crippen LogP contribution in [0.4, 0.5) is 23.3 Å². The van der Waals surface area contributed by atoms with Crippen molar-refractivity contribution in [1.82, 2.24) is 40.3 Å². The van der Waals surface area contributed by atoms with Gasteiger partial charge in [0.25, 0.3) is 0 Å². The van der Waals surface area contributed by atoms with Gasteiger partial charge >= 0.3 is 0 Å². The maximum atomic E-state index is 11.9. The molecular formula is C46H40N10O3. The molecule has 0 saturated carbocycles. The van der Waals surface area contributed by atoms with Gasteiger partial charge in [-0.3, -0.25) is 20.0 Å². The summed E-state index contributed by atoms with van der Waals surface area (Å²) in [6, 6.07) is 44.6. The van der Waals surface area contributed by atoms with Crippen LogP contribution < -0.4 is 25.7 Å². The lowest BCUT2D eigenvalue weighted by Gasteiger charge is -2.09. The number of hydrogen-bond acceptors (Lipinski definition) is 10. The van der Waals surface area contributed by atoms with E-state index in [0.717, 1.165) is 55.8 Å². The highest BCUT2D eigenvalue weighted by Gasteiger charge is 2.09. The molecule has 9 rings (SSSR count). The average Bonchev–Trinajstić information content (AvgIpc) is 3.93. The summed E-state index contributed by atoms with van der Waals surface area (Å²) in [6.45, 7) is 4.90. The van der Waals surface area contributed by atoms with E-state index in [2.05, 4.69) is 51.0 Å². The molecule has 13 nitrogen and oxygen atoms in total. The van der Waals surface area contributed by atoms with Crippen molar-refractivity contribution in [3.8, 4) is 34.3 Å². The zero-order valence-electron chi connectivity index (χ0n) is 32.3. The predicted octanol–water partition coefficient (Wildman–Crippen LogP) is 9.44. The number of rotatable bonds is 12. The Bertz CT molecular complexity index is 2840. The minimum absolute atomic E-state index is 0.141. The number of anilines is 4. The van der Waals surface area contributed by atoms with Gasteiger partial charge in [-0.1, -0.05) is 42.5 Å². The van der Waals surface area contributed by atoms with Crippen LogP contribution in [0.1, 0.15) is 22.3 Å². The van der Waals surface area contributed by atoms with E-state index in [4.69, 9.17) is 9.47 Å². The smallest absolute Gasteiger partial charge is 0.248 e. The molecule has 0 aliphatic rings. The molecule has 0 aliphatic carbocycles. The number of fused-ring (bicyclic) bond motifs is 1. The molecule has 5 aromatic carbocycles. The molecule has 292 valence electrons. The number of aryl methyl sites for hydroxylation is 2. The Morgan fingerprint density at radius 1 is 0.576 bits per heavy atom. The molecule has 5 N–H and O–H groups in total. The van der Waals surface area contributed by atoms with Crippen molar-refractivity contribution in [2.24, 2.45) is 0 Å². The third-order valence-corrected chi connectivity index (χ3v) is 9.16. The van der Waals surface area contributed by atoms with E-state index in [1.54, 1.807) is 18.5 Å². The fourth-order valence-electron chi connectivity index (χ4n) is 6.22. The lowest BCUT2D eigenvalue weighted by molar-refractivity contribution is 0.306. The molecule has 0 atom stereocenters. The molecule has 4 heterocycles. The molecule has 0 unspecified atom stereocenters. The highest BCUT2D eigenvalue weighted by molar-refractivity contribution is 5.81. The van der Waals surface area contributed by atoms with Crippen molar-refractivity contribution in [3.05, 3.63) is 185 Å². The Kier molecular flexibility index (Phi) is 11.4. The van der Waals surface area contributed by atoms with Gasteiger partial charge in [0.15, 0.2) is 11.6 Å². The molecule has 0 amide bonds. The Balaban J connectivity index is 0.000000167. The number of nitrogens with one attached hydrogen (secondary N) is 5. The summed E-state index contributed by atoms with van der Waals surface area (Å²) in [4.78, 5) is 27.8. The van der Waals surface area contributed by atoms with E-state index >= 15 is 0 Å². The molecular weight excluding hydrogens is 741 g/mol. The van der Waals surface area contributed by atoms with Gasteiger partial charge in [-0.15, -0.1) is 10.2 Å². The van der Waals surface area contributed by atoms with Gasteiger partial charge in [-0.05, 0) is 122 Å². The number of nitrogens with zero attached hydrogens (tertiary/aromatic N) is 5. The Labute approximate surface area is 339 Å². The first kappa shape index (κ1) is 37.8. The van der Waals surface area contributed by atoms with Gasteiger partial charge in [0.05, 0.1) is 0 Å². The summed E-state index contributed by atoms with van der Waals surface area (Å²) in [5.74, 6) is 3.91.